The lowest BCUT2D eigenvalue weighted by molar-refractivity contribution is 0.0391. The molecule has 0 unspecified atom stereocenters. The Hall–Kier alpha value is -2.84. The van der Waals surface area contributed by atoms with Crippen molar-refractivity contribution in [2.24, 2.45) is 5.92 Å². The van der Waals surface area contributed by atoms with E-state index in [1.807, 2.05) is 11.0 Å². The van der Waals surface area contributed by atoms with E-state index in [2.05, 4.69) is 5.32 Å². The number of benzene rings is 2. The van der Waals surface area contributed by atoms with Crippen LogP contribution in [0.4, 0.5) is 5.69 Å². The molecule has 1 saturated heterocycles. The van der Waals surface area contributed by atoms with Gasteiger partial charge in [-0.2, -0.15) is 5.26 Å². The quantitative estimate of drug-likeness (QED) is 0.734. The van der Waals surface area contributed by atoms with Gasteiger partial charge in [-0.3, -0.25) is 9.59 Å². The van der Waals surface area contributed by atoms with Gasteiger partial charge in [-0.1, -0.05) is 24.4 Å². The minimum Gasteiger partial charge on any atom is -0.335 e. The fraction of sp³-hybridized carbons (Fsp3) is 0.375. The third-order valence-electron chi connectivity index (χ3n) is 6.24. The largest absolute Gasteiger partial charge is 0.335 e. The van der Waals surface area contributed by atoms with Gasteiger partial charge in [0.15, 0.2) is 0 Å². The standard InChI is InChI=1S/C24H24ClN3O2/c25-21-14-19(27-23(29)18-9-7-16(15-26)8-10-18)11-12-20(21)24(30)28-13-3-5-17-4-1-2-6-22(17)28/h7-12,14,17,22H,1-6,13H2,(H,27,29)/t17-,22-/m1/s1. The molecule has 1 heterocycles. The Morgan fingerprint density at radius 3 is 2.50 bits per heavy atom. The predicted molar refractivity (Wildman–Crippen MR) is 117 cm³/mol. The zero-order valence-corrected chi connectivity index (χ0v) is 17.5. The molecule has 6 heteroatoms. The predicted octanol–water partition coefficient (Wildman–Crippen LogP) is 5.26. The van der Waals surface area contributed by atoms with Crippen LogP contribution in [-0.2, 0) is 0 Å². The van der Waals surface area contributed by atoms with Gasteiger partial charge in [0.2, 0.25) is 0 Å². The molecular formula is C24H24ClN3O2. The SMILES string of the molecule is N#Cc1ccc(C(=O)Nc2ccc(C(=O)N3CCC[C@H]4CCCC[C@H]43)c(Cl)c2)cc1. The molecule has 2 aromatic carbocycles. The number of halogens is 1. The van der Waals surface area contributed by atoms with Crippen molar-refractivity contribution in [1.29, 1.82) is 5.26 Å². The molecule has 1 aliphatic heterocycles. The normalized spacial score (nSPS) is 20.7. The first-order chi connectivity index (χ1) is 14.6. The Morgan fingerprint density at radius 1 is 1.03 bits per heavy atom. The molecule has 1 N–H and O–H groups in total. The summed E-state index contributed by atoms with van der Waals surface area (Å²) in [7, 11) is 0. The topological polar surface area (TPSA) is 73.2 Å². The molecular weight excluding hydrogens is 398 g/mol. The molecule has 1 saturated carbocycles. The van der Waals surface area contributed by atoms with Gasteiger partial charge in [0.1, 0.15) is 0 Å². The van der Waals surface area contributed by atoms with E-state index in [4.69, 9.17) is 16.9 Å². The first-order valence-corrected chi connectivity index (χ1v) is 10.9. The van der Waals surface area contributed by atoms with Crippen molar-refractivity contribution >= 4 is 29.1 Å². The highest BCUT2D eigenvalue weighted by atomic mass is 35.5. The van der Waals surface area contributed by atoms with Gasteiger partial charge in [-0.05, 0) is 74.1 Å². The van der Waals surface area contributed by atoms with E-state index >= 15 is 0 Å². The third-order valence-corrected chi connectivity index (χ3v) is 6.55. The van der Waals surface area contributed by atoms with E-state index in [1.165, 1.54) is 25.7 Å². The van der Waals surface area contributed by atoms with Crippen LogP contribution in [0.1, 0.15) is 64.8 Å². The molecule has 0 bridgehead atoms. The Morgan fingerprint density at radius 2 is 1.77 bits per heavy atom. The van der Waals surface area contributed by atoms with Gasteiger partial charge >= 0.3 is 0 Å². The number of hydrogen-bond acceptors (Lipinski definition) is 3. The molecule has 2 aromatic rings. The summed E-state index contributed by atoms with van der Waals surface area (Å²) in [5, 5.41) is 12.0. The number of piperidine rings is 1. The van der Waals surface area contributed by atoms with Crippen molar-refractivity contribution in [1.82, 2.24) is 4.90 Å². The maximum atomic E-state index is 13.2. The fourth-order valence-electron chi connectivity index (χ4n) is 4.70. The van der Waals surface area contributed by atoms with Crippen LogP contribution in [0.3, 0.4) is 0 Å². The zero-order chi connectivity index (χ0) is 21.1. The van der Waals surface area contributed by atoms with Gasteiger partial charge in [0.25, 0.3) is 11.8 Å². The monoisotopic (exact) mass is 421 g/mol. The number of carbonyl (C=O) groups excluding carboxylic acids is 2. The summed E-state index contributed by atoms with van der Waals surface area (Å²) in [6.45, 7) is 0.785. The lowest BCUT2D eigenvalue weighted by Gasteiger charge is -2.44. The van der Waals surface area contributed by atoms with Crippen molar-refractivity contribution in [2.75, 3.05) is 11.9 Å². The Labute approximate surface area is 181 Å². The van der Waals surface area contributed by atoms with Crippen LogP contribution in [0, 0.1) is 17.2 Å². The van der Waals surface area contributed by atoms with Crippen molar-refractivity contribution in [2.45, 2.75) is 44.6 Å². The molecule has 2 aliphatic rings. The van der Waals surface area contributed by atoms with E-state index in [0.29, 0.717) is 39.4 Å². The average molecular weight is 422 g/mol. The summed E-state index contributed by atoms with van der Waals surface area (Å²) in [5.74, 6) is 0.304. The van der Waals surface area contributed by atoms with Crippen LogP contribution in [0.25, 0.3) is 0 Å². The van der Waals surface area contributed by atoms with Gasteiger partial charge in [0.05, 0.1) is 22.2 Å². The number of nitrogens with zero attached hydrogens (tertiary/aromatic N) is 2. The molecule has 0 spiro atoms. The third kappa shape index (κ3) is 4.20. The molecule has 2 fully saturated rings. The van der Waals surface area contributed by atoms with Crippen LogP contribution < -0.4 is 5.32 Å². The molecule has 154 valence electrons. The first-order valence-electron chi connectivity index (χ1n) is 10.5. The summed E-state index contributed by atoms with van der Waals surface area (Å²) < 4.78 is 0. The van der Waals surface area contributed by atoms with Gasteiger partial charge < -0.3 is 10.2 Å². The van der Waals surface area contributed by atoms with Gasteiger partial charge in [-0.25, -0.2) is 0 Å². The highest BCUT2D eigenvalue weighted by Gasteiger charge is 2.36. The second-order valence-corrected chi connectivity index (χ2v) is 8.50. The number of amides is 2. The van der Waals surface area contributed by atoms with Crippen LogP contribution >= 0.6 is 11.6 Å². The highest BCUT2D eigenvalue weighted by Crippen LogP contribution is 2.36. The second-order valence-electron chi connectivity index (χ2n) is 8.09. The molecule has 2 amide bonds. The van der Waals surface area contributed by atoms with Crippen molar-refractivity contribution in [3.63, 3.8) is 0 Å². The van der Waals surface area contributed by atoms with E-state index in [1.54, 1.807) is 42.5 Å². The van der Waals surface area contributed by atoms with Crippen LogP contribution in [0.2, 0.25) is 5.02 Å². The maximum Gasteiger partial charge on any atom is 0.255 e. The Kier molecular flexibility index (Phi) is 6.06. The number of nitrogens with one attached hydrogen (secondary N) is 1. The van der Waals surface area contributed by atoms with Crippen molar-refractivity contribution in [3.8, 4) is 6.07 Å². The number of fused-ring (bicyclic) bond motifs is 1. The molecule has 1 aliphatic carbocycles. The van der Waals surface area contributed by atoms with Crippen LogP contribution in [0.5, 0.6) is 0 Å². The highest BCUT2D eigenvalue weighted by molar-refractivity contribution is 6.34. The first kappa shape index (κ1) is 20.4. The average Bonchev–Trinajstić information content (AvgIpc) is 2.78. The second kappa shape index (κ2) is 8.89. The summed E-state index contributed by atoms with van der Waals surface area (Å²) >= 11 is 6.45. The van der Waals surface area contributed by atoms with E-state index in [9.17, 15) is 9.59 Å². The van der Waals surface area contributed by atoms with Crippen molar-refractivity contribution in [3.05, 3.63) is 64.2 Å². The van der Waals surface area contributed by atoms with Gasteiger partial charge in [0, 0.05) is 23.8 Å². The van der Waals surface area contributed by atoms with Crippen LogP contribution in [-0.4, -0.2) is 29.3 Å². The molecule has 0 aromatic heterocycles. The lowest BCUT2D eigenvalue weighted by Crippen LogP contribution is -2.49. The molecule has 4 rings (SSSR count). The van der Waals surface area contributed by atoms with E-state index < -0.39 is 0 Å². The van der Waals surface area contributed by atoms with E-state index in [-0.39, 0.29) is 11.8 Å². The Balaban J connectivity index is 1.48. The summed E-state index contributed by atoms with van der Waals surface area (Å²) in [4.78, 5) is 27.7. The molecule has 30 heavy (non-hydrogen) atoms. The minimum absolute atomic E-state index is 0.0124. The summed E-state index contributed by atoms with van der Waals surface area (Å²) in [5.41, 5.74) is 1.96. The maximum absolute atomic E-state index is 13.2. The van der Waals surface area contributed by atoms with Crippen LogP contribution in [0.15, 0.2) is 42.5 Å². The number of anilines is 1. The summed E-state index contributed by atoms with van der Waals surface area (Å²) in [6, 6.07) is 13.8. The number of hydrogen-bond donors (Lipinski definition) is 1. The minimum atomic E-state index is -0.296. The number of rotatable bonds is 3. The molecule has 0 radical (unpaired) electrons. The number of carbonyl (C=O) groups is 2. The van der Waals surface area contributed by atoms with Gasteiger partial charge in [-0.15, -0.1) is 0 Å². The molecule has 5 nitrogen and oxygen atoms in total. The summed E-state index contributed by atoms with van der Waals surface area (Å²) in [6.07, 6.45) is 6.98. The van der Waals surface area contributed by atoms with Crippen molar-refractivity contribution < 1.29 is 9.59 Å². The fourth-order valence-corrected chi connectivity index (χ4v) is 4.96. The number of nitriles is 1. The number of likely N-dealkylation sites (tertiary alicyclic amines) is 1. The lowest BCUT2D eigenvalue weighted by atomic mass is 9.78. The zero-order valence-electron chi connectivity index (χ0n) is 16.7. The smallest absolute Gasteiger partial charge is 0.255 e. The molecule has 2 atom stereocenters. The Bertz CT molecular complexity index is 995. The van der Waals surface area contributed by atoms with E-state index in [0.717, 1.165) is 19.4 Å².